The molecule has 5 nitrogen and oxygen atoms in total. The number of hydrogen-bond donors (Lipinski definition) is 0. The number of piperidine rings is 1. The van der Waals surface area contributed by atoms with Crippen LogP contribution in [-0.4, -0.2) is 42.8 Å². The van der Waals surface area contributed by atoms with Crippen molar-refractivity contribution in [3.05, 3.63) is 29.3 Å². The third kappa shape index (κ3) is 5.41. The molecule has 1 aliphatic heterocycles. The Morgan fingerprint density at radius 3 is 2.50 bits per heavy atom. The molecular weight excluding hydrogens is 328 g/mol. The fourth-order valence-electron chi connectivity index (χ4n) is 2.42. The number of rotatable bonds is 5. The molecule has 1 aliphatic rings. The normalized spacial score (nSPS) is 15.2. The van der Waals surface area contributed by atoms with Gasteiger partial charge in [-0.25, -0.2) is 0 Å². The first-order chi connectivity index (χ1) is 11.4. The molecule has 0 aliphatic carbocycles. The molecule has 2 rings (SSSR count). The third-order valence-corrected chi connectivity index (χ3v) is 4.04. The molecule has 0 spiro atoms. The molecule has 0 aromatic heterocycles. The number of para-hydroxylation sites is 1. The number of ether oxygens (including phenoxy) is 1. The second-order valence-electron chi connectivity index (χ2n) is 6.81. The van der Waals surface area contributed by atoms with E-state index in [-0.39, 0.29) is 11.3 Å². The van der Waals surface area contributed by atoms with Crippen LogP contribution in [0.3, 0.4) is 0 Å². The Morgan fingerprint density at radius 1 is 1.21 bits per heavy atom. The zero-order valence-corrected chi connectivity index (χ0v) is 15.3. The van der Waals surface area contributed by atoms with Crippen molar-refractivity contribution in [1.29, 1.82) is 0 Å². The molecule has 0 atom stereocenters. The highest BCUT2D eigenvalue weighted by Gasteiger charge is 2.29. The van der Waals surface area contributed by atoms with Gasteiger partial charge in [0.05, 0.1) is 10.7 Å². The van der Waals surface area contributed by atoms with Gasteiger partial charge in [-0.1, -0.05) is 49.7 Å². The van der Waals surface area contributed by atoms with Crippen LogP contribution in [0.15, 0.2) is 29.4 Å². The Hall–Kier alpha value is -1.75. The molecule has 0 bridgehead atoms. The highest BCUT2D eigenvalue weighted by Crippen LogP contribution is 2.23. The summed E-state index contributed by atoms with van der Waals surface area (Å²) in [4.78, 5) is 19.4. The number of carbonyl (C=O) groups is 1. The minimum absolute atomic E-state index is 0.190. The first-order valence-corrected chi connectivity index (χ1v) is 8.60. The van der Waals surface area contributed by atoms with Gasteiger partial charge in [0.25, 0.3) is 0 Å². The molecule has 0 unspecified atom stereocenters. The average molecular weight is 353 g/mol. The van der Waals surface area contributed by atoms with E-state index in [0.717, 1.165) is 18.6 Å². The van der Waals surface area contributed by atoms with Gasteiger partial charge in [-0.2, -0.15) is 0 Å². The molecule has 132 valence electrons. The van der Waals surface area contributed by atoms with Crippen LogP contribution >= 0.6 is 11.6 Å². The first kappa shape index (κ1) is 18.6. The minimum atomic E-state index is -0.332. The number of carbonyl (C=O) groups excluding carboxylic acids is 1. The maximum atomic E-state index is 12.2. The fourth-order valence-corrected chi connectivity index (χ4v) is 2.61. The smallest absolute Gasteiger partial charge is 0.227 e. The summed E-state index contributed by atoms with van der Waals surface area (Å²) in [5, 5.41) is 4.74. The van der Waals surface area contributed by atoms with Crippen LogP contribution in [0.4, 0.5) is 0 Å². The number of likely N-dealkylation sites (tertiary alicyclic amines) is 1. The van der Waals surface area contributed by atoms with E-state index >= 15 is 0 Å². The fraction of sp³-hybridized carbons (Fsp3) is 0.556. The standard InChI is InChI=1S/C18H25ClN2O3/c1-18(2,3)17(22)21-10-8-14(9-11-21)20-24-13-12-23-16-7-5-4-6-15(16)19/h4-7H,8-13H2,1-3H3. The molecule has 1 aromatic carbocycles. The Balaban J connectivity index is 1.68. The SMILES string of the molecule is CC(C)(C)C(=O)N1CCC(=NOCCOc2ccccc2Cl)CC1. The third-order valence-electron chi connectivity index (χ3n) is 3.73. The van der Waals surface area contributed by atoms with Crippen LogP contribution < -0.4 is 4.74 Å². The molecule has 6 heteroatoms. The quantitative estimate of drug-likeness (QED) is 0.599. The summed E-state index contributed by atoms with van der Waals surface area (Å²) in [7, 11) is 0. The van der Waals surface area contributed by atoms with Crippen molar-refractivity contribution in [3.8, 4) is 5.75 Å². The number of oxime groups is 1. The summed E-state index contributed by atoms with van der Waals surface area (Å²) < 4.78 is 5.53. The Bertz CT molecular complexity index is 586. The summed E-state index contributed by atoms with van der Waals surface area (Å²) in [6, 6.07) is 7.32. The molecule has 24 heavy (non-hydrogen) atoms. The van der Waals surface area contributed by atoms with Gasteiger partial charge in [0.1, 0.15) is 12.4 Å². The van der Waals surface area contributed by atoms with Gasteiger partial charge in [-0.05, 0) is 12.1 Å². The highest BCUT2D eigenvalue weighted by atomic mass is 35.5. The van der Waals surface area contributed by atoms with Crippen LogP contribution in [0.1, 0.15) is 33.6 Å². The van der Waals surface area contributed by atoms with Gasteiger partial charge in [0.2, 0.25) is 5.91 Å². The zero-order valence-electron chi connectivity index (χ0n) is 14.5. The number of amides is 1. The second kappa shape index (κ2) is 8.38. The number of benzene rings is 1. The minimum Gasteiger partial charge on any atom is -0.488 e. The summed E-state index contributed by atoms with van der Waals surface area (Å²) in [5.74, 6) is 0.833. The highest BCUT2D eigenvalue weighted by molar-refractivity contribution is 6.32. The second-order valence-corrected chi connectivity index (χ2v) is 7.22. The predicted octanol–water partition coefficient (Wildman–Crippen LogP) is 3.76. The molecular formula is C18H25ClN2O3. The number of hydrogen-bond acceptors (Lipinski definition) is 4. The van der Waals surface area contributed by atoms with E-state index in [1.165, 1.54) is 0 Å². The van der Waals surface area contributed by atoms with Gasteiger partial charge < -0.3 is 14.5 Å². The van der Waals surface area contributed by atoms with Crippen LogP contribution in [0.5, 0.6) is 5.75 Å². The van der Waals surface area contributed by atoms with Crippen molar-refractivity contribution < 1.29 is 14.4 Å². The molecule has 1 saturated heterocycles. The maximum Gasteiger partial charge on any atom is 0.227 e. The van der Waals surface area contributed by atoms with Gasteiger partial charge in [-0.3, -0.25) is 4.79 Å². The average Bonchev–Trinajstić information content (AvgIpc) is 2.55. The van der Waals surface area contributed by atoms with E-state index < -0.39 is 0 Å². The maximum absolute atomic E-state index is 12.2. The van der Waals surface area contributed by atoms with Crippen molar-refractivity contribution in [1.82, 2.24) is 4.90 Å². The lowest BCUT2D eigenvalue weighted by atomic mass is 9.93. The molecule has 1 fully saturated rings. The molecule has 0 N–H and O–H groups in total. The molecule has 0 radical (unpaired) electrons. The summed E-state index contributed by atoms with van der Waals surface area (Å²) in [5.41, 5.74) is 0.659. The lowest BCUT2D eigenvalue weighted by molar-refractivity contribution is -0.139. The zero-order chi connectivity index (χ0) is 17.6. The summed E-state index contributed by atoms with van der Waals surface area (Å²) in [6.07, 6.45) is 1.51. The van der Waals surface area contributed by atoms with Crippen molar-refractivity contribution >= 4 is 23.2 Å². The van der Waals surface area contributed by atoms with E-state index in [4.69, 9.17) is 21.2 Å². The van der Waals surface area contributed by atoms with Crippen molar-refractivity contribution in [2.45, 2.75) is 33.6 Å². The summed E-state index contributed by atoms with van der Waals surface area (Å²) >= 11 is 6.00. The van der Waals surface area contributed by atoms with Crippen molar-refractivity contribution in [2.75, 3.05) is 26.3 Å². The first-order valence-electron chi connectivity index (χ1n) is 8.22. The van der Waals surface area contributed by atoms with Crippen LogP contribution in [0.2, 0.25) is 5.02 Å². The van der Waals surface area contributed by atoms with E-state index in [9.17, 15) is 4.79 Å². The molecule has 1 amide bonds. The number of nitrogens with zero attached hydrogens (tertiary/aromatic N) is 2. The predicted molar refractivity (Wildman–Crippen MR) is 95.6 cm³/mol. The number of halogens is 1. The lowest BCUT2D eigenvalue weighted by Crippen LogP contribution is -2.44. The monoisotopic (exact) mass is 352 g/mol. The van der Waals surface area contributed by atoms with E-state index in [1.807, 2.05) is 43.9 Å². The Labute approximate surface area is 148 Å². The van der Waals surface area contributed by atoms with E-state index in [1.54, 1.807) is 6.07 Å². The largest absolute Gasteiger partial charge is 0.488 e. The van der Waals surface area contributed by atoms with Crippen LogP contribution in [0, 0.1) is 5.41 Å². The molecule has 0 saturated carbocycles. The van der Waals surface area contributed by atoms with Crippen LogP contribution in [-0.2, 0) is 9.63 Å². The lowest BCUT2D eigenvalue weighted by Gasteiger charge is -2.32. The topological polar surface area (TPSA) is 51.1 Å². The van der Waals surface area contributed by atoms with Crippen LogP contribution in [0.25, 0.3) is 0 Å². The molecule has 1 aromatic rings. The van der Waals surface area contributed by atoms with Gasteiger partial charge in [0.15, 0.2) is 6.61 Å². The van der Waals surface area contributed by atoms with Crippen molar-refractivity contribution in [2.24, 2.45) is 10.6 Å². The van der Waals surface area contributed by atoms with Gasteiger partial charge in [-0.15, -0.1) is 0 Å². The van der Waals surface area contributed by atoms with E-state index in [0.29, 0.717) is 37.1 Å². The molecule has 1 heterocycles. The summed E-state index contributed by atoms with van der Waals surface area (Å²) in [6.45, 7) is 7.99. The van der Waals surface area contributed by atoms with Gasteiger partial charge >= 0.3 is 0 Å². The van der Waals surface area contributed by atoms with E-state index in [2.05, 4.69) is 5.16 Å². The van der Waals surface area contributed by atoms with Gasteiger partial charge in [0, 0.05) is 31.3 Å². The Kier molecular flexibility index (Phi) is 6.49. The van der Waals surface area contributed by atoms with Crippen molar-refractivity contribution in [3.63, 3.8) is 0 Å². The Morgan fingerprint density at radius 2 is 1.88 bits per heavy atom.